The smallest absolute Gasteiger partial charge is 0.126 e. The lowest BCUT2D eigenvalue weighted by molar-refractivity contribution is 0.302. The van der Waals surface area contributed by atoms with Gasteiger partial charge in [-0.2, -0.15) is 0 Å². The van der Waals surface area contributed by atoms with Crippen molar-refractivity contribution in [1.82, 2.24) is 0 Å². The first-order chi connectivity index (χ1) is 15.7. The number of halogens is 1. The van der Waals surface area contributed by atoms with Crippen molar-refractivity contribution in [2.24, 2.45) is 0 Å². The lowest BCUT2D eigenvalue weighted by Gasteiger charge is -2.33. The zero-order chi connectivity index (χ0) is 23.8. The maximum atomic E-state index is 13.9. The molecule has 1 N–H and O–H groups in total. The van der Waals surface area contributed by atoms with Gasteiger partial charge < -0.3 is 19.5 Å². The van der Waals surface area contributed by atoms with E-state index in [1.165, 1.54) is 12.1 Å². The maximum absolute atomic E-state index is 13.9. The molecule has 0 bridgehead atoms. The van der Waals surface area contributed by atoms with Crippen molar-refractivity contribution in [2.45, 2.75) is 39.8 Å². The Kier molecular flexibility index (Phi) is 6.07. The molecule has 0 amide bonds. The summed E-state index contributed by atoms with van der Waals surface area (Å²) in [7, 11) is 3.30. The van der Waals surface area contributed by atoms with Gasteiger partial charge in [0.15, 0.2) is 0 Å². The molecular weight excluding hydrogens is 417 g/mol. The van der Waals surface area contributed by atoms with Crippen LogP contribution in [0.5, 0.6) is 17.2 Å². The van der Waals surface area contributed by atoms with Gasteiger partial charge >= 0.3 is 0 Å². The van der Waals surface area contributed by atoms with E-state index in [-0.39, 0.29) is 18.0 Å². The third-order valence-electron chi connectivity index (χ3n) is 5.96. The number of nitrogens with one attached hydrogen (secondary N) is 1. The molecule has 0 aliphatic carbocycles. The zero-order valence-corrected chi connectivity index (χ0v) is 20.0. The van der Waals surface area contributed by atoms with Crippen molar-refractivity contribution >= 4 is 11.3 Å². The van der Waals surface area contributed by atoms with Gasteiger partial charge in [-0.15, -0.1) is 0 Å². The van der Waals surface area contributed by atoms with Crippen molar-refractivity contribution in [1.29, 1.82) is 0 Å². The highest BCUT2D eigenvalue weighted by molar-refractivity contribution is 5.88. The molecule has 0 fully saturated rings. The average Bonchev–Trinajstić information content (AvgIpc) is 2.78. The minimum absolute atomic E-state index is 0.163. The summed E-state index contributed by atoms with van der Waals surface area (Å²) >= 11 is 0. The van der Waals surface area contributed by atoms with Gasteiger partial charge in [0, 0.05) is 28.4 Å². The van der Waals surface area contributed by atoms with Crippen molar-refractivity contribution < 1.29 is 18.6 Å². The highest BCUT2D eigenvalue weighted by Crippen LogP contribution is 2.43. The SMILES string of the molecule is COc1ccc(OC)c(-c2ccc3c(c2COc2cc(F)ccc2C)C(C)=CC(C)(C)N3)c1. The second-order valence-electron chi connectivity index (χ2n) is 8.95. The number of benzene rings is 3. The average molecular weight is 448 g/mol. The molecule has 0 saturated heterocycles. The first-order valence-corrected chi connectivity index (χ1v) is 11.0. The van der Waals surface area contributed by atoms with Gasteiger partial charge in [0.1, 0.15) is 29.7 Å². The van der Waals surface area contributed by atoms with E-state index in [1.54, 1.807) is 20.3 Å². The fraction of sp³-hybridized carbons (Fsp3) is 0.286. The van der Waals surface area contributed by atoms with Crippen LogP contribution in [-0.4, -0.2) is 19.8 Å². The zero-order valence-electron chi connectivity index (χ0n) is 20.0. The number of fused-ring (bicyclic) bond motifs is 1. The number of allylic oxidation sites excluding steroid dienone is 1. The maximum Gasteiger partial charge on any atom is 0.126 e. The molecule has 33 heavy (non-hydrogen) atoms. The van der Waals surface area contributed by atoms with Crippen molar-refractivity contribution in [3.63, 3.8) is 0 Å². The van der Waals surface area contributed by atoms with Gasteiger partial charge in [-0.3, -0.25) is 0 Å². The summed E-state index contributed by atoms with van der Waals surface area (Å²) in [6.07, 6.45) is 2.22. The molecule has 0 spiro atoms. The summed E-state index contributed by atoms with van der Waals surface area (Å²) in [5.41, 5.74) is 6.90. The van der Waals surface area contributed by atoms with Crippen LogP contribution in [0.25, 0.3) is 16.7 Å². The van der Waals surface area contributed by atoms with Crippen LogP contribution >= 0.6 is 0 Å². The van der Waals surface area contributed by atoms with Crippen molar-refractivity contribution in [3.8, 4) is 28.4 Å². The number of aryl methyl sites for hydroxylation is 1. The summed E-state index contributed by atoms with van der Waals surface area (Å²) in [5.74, 6) is 1.69. The van der Waals surface area contributed by atoms with Crippen LogP contribution in [0, 0.1) is 12.7 Å². The van der Waals surface area contributed by atoms with Crippen molar-refractivity contribution in [2.75, 3.05) is 19.5 Å². The number of hydrogen-bond donors (Lipinski definition) is 1. The van der Waals surface area contributed by atoms with Crippen LogP contribution in [0.15, 0.2) is 54.6 Å². The van der Waals surface area contributed by atoms with Crippen LogP contribution in [0.4, 0.5) is 10.1 Å². The molecule has 4 nitrogen and oxygen atoms in total. The largest absolute Gasteiger partial charge is 0.497 e. The molecule has 4 rings (SSSR count). The molecule has 0 saturated carbocycles. The monoisotopic (exact) mass is 447 g/mol. The Hall–Kier alpha value is -3.47. The second kappa shape index (κ2) is 8.81. The lowest BCUT2D eigenvalue weighted by Crippen LogP contribution is -2.32. The van der Waals surface area contributed by atoms with Gasteiger partial charge in [0.25, 0.3) is 0 Å². The van der Waals surface area contributed by atoms with Crippen LogP contribution in [0.1, 0.15) is 37.5 Å². The number of ether oxygens (including phenoxy) is 3. The first-order valence-electron chi connectivity index (χ1n) is 11.0. The van der Waals surface area contributed by atoms with Gasteiger partial charge in [-0.25, -0.2) is 4.39 Å². The van der Waals surface area contributed by atoms with Crippen LogP contribution < -0.4 is 19.5 Å². The van der Waals surface area contributed by atoms with Crippen LogP contribution in [-0.2, 0) is 6.61 Å². The Balaban J connectivity index is 1.89. The standard InChI is InChI=1S/C28H30FNO3/c1-17-7-8-19(29)13-26(17)33-16-23-21(22-14-20(31-5)9-12-25(22)32-6)10-11-24-27(23)18(2)15-28(3,4)30-24/h7-15,30H,16H2,1-6H3. The Morgan fingerprint density at radius 1 is 0.879 bits per heavy atom. The van der Waals surface area contributed by atoms with E-state index in [4.69, 9.17) is 14.2 Å². The highest BCUT2D eigenvalue weighted by atomic mass is 19.1. The summed E-state index contributed by atoms with van der Waals surface area (Å²) < 4.78 is 31.2. The van der Waals surface area contributed by atoms with E-state index in [9.17, 15) is 4.39 Å². The topological polar surface area (TPSA) is 39.7 Å². The van der Waals surface area contributed by atoms with E-state index in [0.717, 1.165) is 50.6 Å². The molecule has 0 atom stereocenters. The summed E-state index contributed by atoms with van der Waals surface area (Å²) in [4.78, 5) is 0. The number of methoxy groups -OCH3 is 2. The molecule has 5 heteroatoms. The summed E-state index contributed by atoms with van der Waals surface area (Å²) in [6, 6.07) is 14.5. The highest BCUT2D eigenvalue weighted by Gasteiger charge is 2.27. The molecule has 0 radical (unpaired) electrons. The molecule has 0 aromatic heterocycles. The van der Waals surface area contributed by atoms with Gasteiger partial charge in [-0.1, -0.05) is 18.2 Å². The van der Waals surface area contributed by atoms with E-state index in [1.807, 2.05) is 25.1 Å². The first kappa shape index (κ1) is 22.7. The number of anilines is 1. The summed E-state index contributed by atoms with van der Waals surface area (Å²) in [6.45, 7) is 8.59. The Labute approximate surface area is 195 Å². The number of rotatable bonds is 6. The van der Waals surface area contributed by atoms with E-state index in [0.29, 0.717) is 5.75 Å². The molecule has 3 aromatic rings. The minimum atomic E-state index is -0.320. The van der Waals surface area contributed by atoms with Gasteiger partial charge in [0.2, 0.25) is 0 Å². The molecule has 0 unspecified atom stereocenters. The van der Waals surface area contributed by atoms with Gasteiger partial charge in [0.05, 0.1) is 19.8 Å². The Morgan fingerprint density at radius 3 is 2.39 bits per heavy atom. The Morgan fingerprint density at radius 2 is 1.67 bits per heavy atom. The quantitative estimate of drug-likeness (QED) is 0.441. The van der Waals surface area contributed by atoms with Crippen LogP contribution in [0.2, 0.25) is 0 Å². The van der Waals surface area contributed by atoms with E-state index >= 15 is 0 Å². The van der Waals surface area contributed by atoms with E-state index in [2.05, 4.69) is 44.3 Å². The summed E-state index contributed by atoms with van der Waals surface area (Å²) in [5, 5.41) is 3.61. The third-order valence-corrected chi connectivity index (χ3v) is 5.96. The molecular formula is C28H30FNO3. The molecule has 1 heterocycles. The molecule has 3 aromatic carbocycles. The molecule has 1 aliphatic rings. The molecule has 1 aliphatic heterocycles. The fourth-order valence-corrected chi connectivity index (χ4v) is 4.51. The number of hydrogen-bond acceptors (Lipinski definition) is 4. The molecule has 172 valence electrons. The lowest BCUT2D eigenvalue weighted by atomic mass is 9.85. The predicted molar refractivity (Wildman–Crippen MR) is 132 cm³/mol. The normalized spacial score (nSPS) is 14.1. The fourth-order valence-electron chi connectivity index (χ4n) is 4.51. The van der Waals surface area contributed by atoms with E-state index < -0.39 is 0 Å². The second-order valence-corrected chi connectivity index (χ2v) is 8.95. The van der Waals surface area contributed by atoms with Crippen LogP contribution in [0.3, 0.4) is 0 Å². The van der Waals surface area contributed by atoms with Crippen molar-refractivity contribution in [3.05, 3.63) is 77.1 Å². The predicted octanol–water partition coefficient (Wildman–Crippen LogP) is 7.00. The Bertz CT molecular complexity index is 1230. The minimum Gasteiger partial charge on any atom is -0.497 e. The third kappa shape index (κ3) is 4.54. The van der Waals surface area contributed by atoms with Gasteiger partial charge in [-0.05, 0) is 74.7 Å².